The Morgan fingerprint density at radius 3 is 2.47 bits per heavy atom. The van der Waals surface area contributed by atoms with Crippen LogP contribution in [0.4, 0.5) is 0 Å². The van der Waals surface area contributed by atoms with Crippen molar-refractivity contribution >= 4 is 5.78 Å². The number of rotatable bonds is 5. The summed E-state index contributed by atoms with van der Waals surface area (Å²) in [7, 11) is 0. The lowest BCUT2D eigenvalue weighted by Gasteiger charge is -2.37. The highest BCUT2D eigenvalue weighted by atomic mass is 16.2. The first-order chi connectivity index (χ1) is 7.24. The van der Waals surface area contributed by atoms with Crippen LogP contribution in [-0.2, 0) is 4.79 Å². The molecule has 15 heavy (non-hydrogen) atoms. The molecule has 0 bridgehead atoms. The van der Waals surface area contributed by atoms with Gasteiger partial charge in [-0.1, -0.05) is 12.8 Å². The van der Waals surface area contributed by atoms with Crippen LogP contribution in [0.3, 0.4) is 0 Å². The van der Waals surface area contributed by atoms with Gasteiger partial charge in [0.15, 0.2) is 0 Å². The monoisotopic (exact) mass is 210 g/mol. The van der Waals surface area contributed by atoms with E-state index in [1.807, 2.05) is 0 Å². The lowest BCUT2D eigenvalue weighted by Crippen LogP contribution is -2.28. The van der Waals surface area contributed by atoms with Gasteiger partial charge >= 0.3 is 0 Å². The smallest absolute Gasteiger partial charge is 0.132 e. The fourth-order valence-electron chi connectivity index (χ4n) is 3.00. The number of carbonyl (C=O) groups excluding carboxylic acids is 1. The van der Waals surface area contributed by atoms with Gasteiger partial charge in [-0.25, -0.2) is 0 Å². The van der Waals surface area contributed by atoms with Crippen LogP contribution in [0, 0.1) is 11.3 Å². The summed E-state index contributed by atoms with van der Waals surface area (Å²) in [5, 5.41) is 8.95. The molecule has 0 radical (unpaired) electrons. The molecule has 0 amide bonds. The number of aliphatic hydroxyl groups is 1. The maximum atomic E-state index is 11.3. The van der Waals surface area contributed by atoms with Gasteiger partial charge in [-0.2, -0.15) is 0 Å². The second-order valence-electron chi connectivity index (χ2n) is 5.51. The maximum absolute atomic E-state index is 11.3. The highest BCUT2D eigenvalue weighted by Crippen LogP contribution is 2.49. The number of ketones is 1. The van der Waals surface area contributed by atoms with E-state index < -0.39 is 0 Å². The molecule has 0 aliphatic heterocycles. The summed E-state index contributed by atoms with van der Waals surface area (Å²) in [6, 6.07) is 0. The van der Waals surface area contributed by atoms with Crippen LogP contribution in [0.25, 0.3) is 0 Å². The van der Waals surface area contributed by atoms with Gasteiger partial charge in [-0.15, -0.1) is 0 Å². The molecule has 0 spiro atoms. The van der Waals surface area contributed by atoms with E-state index in [0.29, 0.717) is 17.8 Å². The van der Waals surface area contributed by atoms with Gasteiger partial charge in [0.05, 0.1) is 0 Å². The highest BCUT2D eigenvalue weighted by molar-refractivity contribution is 5.79. The SMILES string of the molecule is O=C1CCC(CCCO)(CC2CC2)CC1. The molecular formula is C13H22O2. The summed E-state index contributed by atoms with van der Waals surface area (Å²) >= 11 is 0. The van der Waals surface area contributed by atoms with Crippen LogP contribution in [0.1, 0.15) is 57.8 Å². The molecule has 0 atom stereocenters. The van der Waals surface area contributed by atoms with Crippen molar-refractivity contribution in [3.8, 4) is 0 Å². The number of carbonyl (C=O) groups is 1. The first-order valence-corrected chi connectivity index (χ1v) is 6.37. The minimum absolute atomic E-state index is 0.306. The fourth-order valence-corrected chi connectivity index (χ4v) is 3.00. The zero-order valence-electron chi connectivity index (χ0n) is 9.50. The van der Waals surface area contributed by atoms with Gasteiger partial charge in [-0.05, 0) is 43.4 Å². The fraction of sp³-hybridized carbons (Fsp3) is 0.923. The quantitative estimate of drug-likeness (QED) is 0.757. The Balaban J connectivity index is 1.90. The van der Waals surface area contributed by atoms with Crippen molar-refractivity contribution < 1.29 is 9.90 Å². The molecule has 0 aromatic carbocycles. The Hall–Kier alpha value is -0.370. The average Bonchev–Trinajstić information content (AvgIpc) is 3.03. The molecule has 2 aliphatic carbocycles. The summed E-state index contributed by atoms with van der Waals surface area (Å²) in [4.78, 5) is 11.3. The third-order valence-corrected chi connectivity index (χ3v) is 4.15. The number of hydrogen-bond acceptors (Lipinski definition) is 2. The summed E-state index contributed by atoms with van der Waals surface area (Å²) < 4.78 is 0. The van der Waals surface area contributed by atoms with E-state index in [2.05, 4.69) is 0 Å². The van der Waals surface area contributed by atoms with E-state index in [1.54, 1.807) is 0 Å². The van der Waals surface area contributed by atoms with E-state index in [4.69, 9.17) is 5.11 Å². The largest absolute Gasteiger partial charge is 0.396 e. The molecule has 0 aromatic heterocycles. The van der Waals surface area contributed by atoms with E-state index in [9.17, 15) is 4.79 Å². The first kappa shape index (κ1) is 11.1. The van der Waals surface area contributed by atoms with Crippen LogP contribution in [-0.4, -0.2) is 17.5 Å². The van der Waals surface area contributed by atoms with Crippen molar-refractivity contribution in [2.45, 2.75) is 57.8 Å². The van der Waals surface area contributed by atoms with Crippen molar-refractivity contribution in [2.75, 3.05) is 6.61 Å². The van der Waals surface area contributed by atoms with Gasteiger partial charge < -0.3 is 5.11 Å². The lowest BCUT2D eigenvalue weighted by atomic mass is 9.68. The third kappa shape index (κ3) is 3.04. The zero-order chi connectivity index (χ0) is 10.7. The van der Waals surface area contributed by atoms with Crippen LogP contribution >= 0.6 is 0 Å². The Bertz CT molecular complexity index is 221. The van der Waals surface area contributed by atoms with Crippen molar-refractivity contribution in [2.24, 2.45) is 11.3 Å². The van der Waals surface area contributed by atoms with Crippen molar-refractivity contribution in [3.63, 3.8) is 0 Å². The van der Waals surface area contributed by atoms with Crippen molar-refractivity contribution in [1.29, 1.82) is 0 Å². The maximum Gasteiger partial charge on any atom is 0.132 e. The number of hydrogen-bond donors (Lipinski definition) is 1. The molecule has 2 fully saturated rings. The van der Waals surface area contributed by atoms with Gasteiger partial charge in [0.1, 0.15) is 5.78 Å². The predicted octanol–water partition coefficient (Wildman–Crippen LogP) is 2.69. The molecule has 1 N–H and O–H groups in total. The van der Waals surface area contributed by atoms with Crippen molar-refractivity contribution in [1.82, 2.24) is 0 Å². The molecule has 0 heterocycles. The Morgan fingerprint density at radius 2 is 1.93 bits per heavy atom. The average molecular weight is 210 g/mol. The van der Waals surface area contributed by atoms with E-state index in [0.717, 1.165) is 44.4 Å². The third-order valence-electron chi connectivity index (χ3n) is 4.15. The van der Waals surface area contributed by atoms with Crippen molar-refractivity contribution in [3.05, 3.63) is 0 Å². The summed E-state index contributed by atoms with van der Waals surface area (Å²) in [5.41, 5.74) is 0.414. The predicted molar refractivity (Wildman–Crippen MR) is 59.6 cm³/mol. The topological polar surface area (TPSA) is 37.3 Å². The van der Waals surface area contributed by atoms with Crippen LogP contribution < -0.4 is 0 Å². The number of aliphatic hydroxyl groups excluding tert-OH is 1. The van der Waals surface area contributed by atoms with Gasteiger partial charge in [-0.3, -0.25) is 4.79 Å². The molecule has 0 aromatic rings. The molecule has 2 heteroatoms. The Kier molecular flexibility index (Phi) is 3.45. The second kappa shape index (κ2) is 4.65. The zero-order valence-corrected chi connectivity index (χ0v) is 9.50. The second-order valence-corrected chi connectivity index (χ2v) is 5.51. The highest BCUT2D eigenvalue weighted by Gasteiger charge is 2.38. The summed E-state index contributed by atoms with van der Waals surface area (Å²) in [6.45, 7) is 0.306. The summed E-state index contributed by atoms with van der Waals surface area (Å²) in [5.74, 6) is 1.39. The van der Waals surface area contributed by atoms with Gasteiger partial charge in [0, 0.05) is 19.4 Å². The number of Topliss-reactive ketones (excluding diaryl/α,β-unsaturated/α-hetero) is 1. The lowest BCUT2D eigenvalue weighted by molar-refractivity contribution is -0.122. The molecule has 2 aliphatic rings. The molecular weight excluding hydrogens is 188 g/mol. The molecule has 2 nitrogen and oxygen atoms in total. The van der Waals surface area contributed by atoms with Crippen LogP contribution in [0.5, 0.6) is 0 Å². The minimum Gasteiger partial charge on any atom is -0.396 e. The minimum atomic E-state index is 0.306. The van der Waals surface area contributed by atoms with E-state index in [1.165, 1.54) is 19.3 Å². The van der Waals surface area contributed by atoms with Gasteiger partial charge in [0.25, 0.3) is 0 Å². The molecule has 0 unspecified atom stereocenters. The van der Waals surface area contributed by atoms with Gasteiger partial charge in [0.2, 0.25) is 0 Å². The Morgan fingerprint density at radius 1 is 1.27 bits per heavy atom. The molecule has 2 saturated carbocycles. The molecule has 86 valence electrons. The molecule has 0 saturated heterocycles. The van der Waals surface area contributed by atoms with Crippen LogP contribution in [0.2, 0.25) is 0 Å². The molecule has 2 rings (SSSR count). The standard InChI is InChI=1S/C13H22O2/c14-9-1-6-13(10-11-2-3-11)7-4-12(15)5-8-13/h11,14H,1-10H2. The van der Waals surface area contributed by atoms with E-state index in [-0.39, 0.29) is 0 Å². The normalized spacial score (nSPS) is 25.5. The van der Waals surface area contributed by atoms with E-state index >= 15 is 0 Å². The summed E-state index contributed by atoms with van der Waals surface area (Å²) in [6.07, 6.45) is 9.92. The first-order valence-electron chi connectivity index (χ1n) is 6.37. The Labute approximate surface area is 92.1 Å². The van der Waals surface area contributed by atoms with Crippen LogP contribution in [0.15, 0.2) is 0 Å².